The van der Waals surface area contributed by atoms with Crippen LogP contribution in [0.3, 0.4) is 0 Å². The van der Waals surface area contributed by atoms with Gasteiger partial charge in [-0.3, -0.25) is 0 Å². The third-order valence-corrected chi connectivity index (χ3v) is 8.29. The van der Waals surface area contributed by atoms with E-state index in [1.54, 1.807) is 6.20 Å². The Kier molecular flexibility index (Phi) is 5.37. The van der Waals surface area contributed by atoms with E-state index >= 15 is 0 Å². The highest BCUT2D eigenvalue weighted by molar-refractivity contribution is 9.10. The normalized spacial score (nSPS) is 12.6. The Morgan fingerprint density at radius 1 is 1.28 bits per heavy atom. The summed E-state index contributed by atoms with van der Waals surface area (Å²) in [5.41, 5.74) is 0. The molecule has 0 N–H and O–H groups in total. The van der Waals surface area contributed by atoms with Crippen molar-refractivity contribution in [2.75, 3.05) is 13.2 Å². The molecule has 0 bridgehead atoms. The molecule has 3 nitrogen and oxygen atoms in total. The zero-order valence-electron chi connectivity index (χ0n) is 11.8. The summed E-state index contributed by atoms with van der Waals surface area (Å²) in [6.45, 7) is 12.4. The third kappa shape index (κ3) is 4.70. The first kappa shape index (κ1) is 15.7. The van der Waals surface area contributed by atoms with Gasteiger partial charge in [0, 0.05) is 12.3 Å². The molecule has 1 heterocycles. The summed E-state index contributed by atoms with van der Waals surface area (Å²) in [6, 6.07) is 3.70. The lowest BCUT2D eigenvalue weighted by Crippen LogP contribution is -2.41. The van der Waals surface area contributed by atoms with Gasteiger partial charge in [0.2, 0.25) is 0 Å². The molecule has 0 unspecified atom stereocenters. The lowest BCUT2D eigenvalue weighted by Gasteiger charge is -2.36. The van der Waals surface area contributed by atoms with Gasteiger partial charge in [-0.1, -0.05) is 20.8 Å². The Balaban J connectivity index is 2.35. The Hall–Kier alpha value is -0.393. The number of aromatic nitrogens is 1. The second kappa shape index (κ2) is 6.17. The molecule has 0 radical (unpaired) electrons. The number of hydrogen-bond donors (Lipinski definition) is 0. The van der Waals surface area contributed by atoms with Crippen molar-refractivity contribution < 1.29 is 9.16 Å². The third-order valence-electron chi connectivity index (χ3n) is 3.32. The maximum atomic E-state index is 6.03. The van der Waals surface area contributed by atoms with Crippen LogP contribution in [0.15, 0.2) is 22.9 Å². The molecule has 102 valence electrons. The summed E-state index contributed by atoms with van der Waals surface area (Å²) in [4.78, 5) is 4.05. The van der Waals surface area contributed by atoms with Gasteiger partial charge in [-0.25, -0.2) is 4.98 Å². The highest BCUT2D eigenvalue weighted by atomic mass is 79.9. The highest BCUT2D eigenvalue weighted by Crippen LogP contribution is 2.36. The fourth-order valence-corrected chi connectivity index (χ4v) is 2.52. The molecule has 0 spiro atoms. The molecule has 1 aromatic heterocycles. The van der Waals surface area contributed by atoms with Gasteiger partial charge >= 0.3 is 0 Å². The van der Waals surface area contributed by atoms with Crippen molar-refractivity contribution in [2.45, 2.75) is 38.9 Å². The first-order valence-corrected chi connectivity index (χ1v) is 9.81. The zero-order valence-corrected chi connectivity index (χ0v) is 14.4. The van der Waals surface area contributed by atoms with Crippen LogP contribution in [0.1, 0.15) is 20.8 Å². The van der Waals surface area contributed by atoms with Crippen LogP contribution in [-0.4, -0.2) is 26.5 Å². The predicted octanol–water partition coefficient (Wildman–Crippen LogP) is 4.24. The van der Waals surface area contributed by atoms with Gasteiger partial charge in [0.15, 0.2) is 8.32 Å². The van der Waals surface area contributed by atoms with Crippen LogP contribution < -0.4 is 4.74 Å². The van der Waals surface area contributed by atoms with E-state index in [-0.39, 0.29) is 5.04 Å². The van der Waals surface area contributed by atoms with E-state index in [0.29, 0.717) is 13.2 Å². The van der Waals surface area contributed by atoms with Crippen LogP contribution in [0.25, 0.3) is 0 Å². The summed E-state index contributed by atoms with van der Waals surface area (Å²) in [7, 11) is -1.66. The summed E-state index contributed by atoms with van der Waals surface area (Å²) in [5, 5.41) is 0.243. The SMILES string of the molecule is CC(C)(C)[Si](C)(C)OCCOc1ccnc(Br)c1. The van der Waals surface area contributed by atoms with Gasteiger partial charge in [-0.05, 0) is 40.1 Å². The number of rotatable bonds is 5. The molecule has 5 heteroatoms. The van der Waals surface area contributed by atoms with E-state index in [2.05, 4.69) is 54.8 Å². The van der Waals surface area contributed by atoms with Gasteiger partial charge in [0.25, 0.3) is 0 Å². The average Bonchev–Trinajstić information content (AvgIpc) is 2.23. The second-order valence-electron chi connectivity index (χ2n) is 5.77. The number of hydrogen-bond acceptors (Lipinski definition) is 3. The zero-order chi connectivity index (χ0) is 13.8. The molecule has 0 aliphatic carbocycles. The van der Waals surface area contributed by atoms with E-state index < -0.39 is 8.32 Å². The summed E-state index contributed by atoms with van der Waals surface area (Å²) < 4.78 is 12.4. The summed E-state index contributed by atoms with van der Waals surface area (Å²) in [5.74, 6) is 0.815. The predicted molar refractivity (Wildman–Crippen MR) is 80.6 cm³/mol. The molecule has 0 aromatic carbocycles. The number of halogens is 1. The topological polar surface area (TPSA) is 31.4 Å². The number of nitrogens with zero attached hydrogens (tertiary/aromatic N) is 1. The molecule has 0 aliphatic heterocycles. The van der Waals surface area contributed by atoms with Crippen molar-refractivity contribution in [3.05, 3.63) is 22.9 Å². The molecule has 0 saturated carbocycles. The highest BCUT2D eigenvalue weighted by Gasteiger charge is 2.36. The Labute approximate surface area is 119 Å². The van der Waals surface area contributed by atoms with E-state index in [1.807, 2.05) is 12.1 Å². The summed E-state index contributed by atoms with van der Waals surface area (Å²) >= 11 is 3.31. The number of pyridine rings is 1. The molecule has 18 heavy (non-hydrogen) atoms. The Morgan fingerprint density at radius 2 is 1.94 bits per heavy atom. The molecular formula is C13H22BrNO2Si. The van der Waals surface area contributed by atoms with Crippen LogP contribution in [0, 0.1) is 0 Å². The van der Waals surface area contributed by atoms with Crippen molar-refractivity contribution in [1.29, 1.82) is 0 Å². The number of ether oxygens (including phenoxy) is 1. The van der Waals surface area contributed by atoms with E-state index in [1.165, 1.54) is 0 Å². The van der Waals surface area contributed by atoms with E-state index in [0.717, 1.165) is 10.4 Å². The van der Waals surface area contributed by atoms with E-state index in [9.17, 15) is 0 Å². The molecular weight excluding hydrogens is 310 g/mol. The smallest absolute Gasteiger partial charge is 0.192 e. The van der Waals surface area contributed by atoms with Crippen LogP contribution in [0.5, 0.6) is 5.75 Å². The minimum atomic E-state index is -1.66. The summed E-state index contributed by atoms with van der Waals surface area (Å²) in [6.07, 6.45) is 1.72. The quantitative estimate of drug-likeness (QED) is 0.459. The second-order valence-corrected chi connectivity index (χ2v) is 11.4. The standard InChI is InChI=1S/C13H22BrNO2Si/c1-13(2,3)18(4,5)17-9-8-16-11-6-7-15-12(14)10-11/h6-7,10H,8-9H2,1-5H3. The molecule has 1 aromatic rings. The molecule has 0 atom stereocenters. The molecule has 1 rings (SSSR count). The van der Waals surface area contributed by atoms with Gasteiger partial charge < -0.3 is 9.16 Å². The van der Waals surface area contributed by atoms with Crippen LogP contribution in [0.4, 0.5) is 0 Å². The van der Waals surface area contributed by atoms with Crippen molar-refractivity contribution in [3.63, 3.8) is 0 Å². The largest absolute Gasteiger partial charge is 0.491 e. The van der Waals surface area contributed by atoms with Gasteiger partial charge in [-0.15, -0.1) is 0 Å². The molecule has 0 amide bonds. The lowest BCUT2D eigenvalue weighted by atomic mass is 10.2. The van der Waals surface area contributed by atoms with Gasteiger partial charge in [-0.2, -0.15) is 0 Å². The van der Waals surface area contributed by atoms with Crippen molar-refractivity contribution in [3.8, 4) is 5.75 Å². The monoisotopic (exact) mass is 331 g/mol. The van der Waals surface area contributed by atoms with Crippen molar-refractivity contribution >= 4 is 24.2 Å². The first-order chi connectivity index (χ1) is 8.22. The first-order valence-electron chi connectivity index (χ1n) is 6.11. The molecule has 0 fully saturated rings. The Bertz CT molecular complexity index is 391. The maximum Gasteiger partial charge on any atom is 0.192 e. The fourth-order valence-electron chi connectivity index (χ4n) is 1.15. The minimum Gasteiger partial charge on any atom is -0.491 e. The average molecular weight is 332 g/mol. The Morgan fingerprint density at radius 3 is 2.50 bits per heavy atom. The lowest BCUT2D eigenvalue weighted by molar-refractivity contribution is 0.203. The fraction of sp³-hybridized carbons (Fsp3) is 0.615. The van der Waals surface area contributed by atoms with E-state index in [4.69, 9.17) is 9.16 Å². The van der Waals surface area contributed by atoms with Gasteiger partial charge in [0.05, 0.1) is 6.61 Å². The van der Waals surface area contributed by atoms with Crippen LogP contribution >= 0.6 is 15.9 Å². The van der Waals surface area contributed by atoms with Gasteiger partial charge in [0.1, 0.15) is 17.0 Å². The maximum absolute atomic E-state index is 6.03. The van der Waals surface area contributed by atoms with Crippen molar-refractivity contribution in [1.82, 2.24) is 4.98 Å². The van der Waals surface area contributed by atoms with Crippen LogP contribution in [0.2, 0.25) is 18.1 Å². The molecule has 0 aliphatic rings. The minimum absolute atomic E-state index is 0.243. The van der Waals surface area contributed by atoms with Crippen LogP contribution in [-0.2, 0) is 4.43 Å². The molecule has 0 saturated heterocycles. The van der Waals surface area contributed by atoms with Crippen molar-refractivity contribution in [2.24, 2.45) is 0 Å².